The Bertz CT molecular complexity index is 1090. The van der Waals surface area contributed by atoms with E-state index in [4.69, 9.17) is 10.5 Å². The second-order valence-corrected chi connectivity index (χ2v) is 9.68. The van der Waals surface area contributed by atoms with Gasteiger partial charge in [-0.25, -0.2) is 0 Å². The lowest BCUT2D eigenvalue weighted by Gasteiger charge is -2.38. The molecule has 4 nitrogen and oxygen atoms in total. The largest absolute Gasteiger partial charge is 0.466 e. The Labute approximate surface area is 179 Å². The first kappa shape index (κ1) is 19.5. The van der Waals surface area contributed by atoms with E-state index in [0.717, 1.165) is 43.3 Å². The Hall–Kier alpha value is -2.46. The molecule has 0 saturated carbocycles. The third kappa shape index (κ3) is 3.01. The van der Waals surface area contributed by atoms with Crippen LogP contribution in [-0.4, -0.2) is 29.5 Å². The molecule has 4 heteroatoms. The summed E-state index contributed by atoms with van der Waals surface area (Å²) in [5, 5.41) is 1.39. The van der Waals surface area contributed by atoms with Crippen molar-refractivity contribution >= 4 is 10.9 Å². The van der Waals surface area contributed by atoms with Crippen LogP contribution in [0.1, 0.15) is 58.4 Å². The zero-order chi connectivity index (χ0) is 21.0. The molecule has 2 aliphatic heterocycles. The molecule has 0 radical (unpaired) electrons. The van der Waals surface area contributed by atoms with Gasteiger partial charge in [-0.05, 0) is 76.2 Å². The van der Waals surface area contributed by atoms with Gasteiger partial charge in [-0.1, -0.05) is 25.1 Å². The number of benzene rings is 1. The van der Waals surface area contributed by atoms with Crippen LogP contribution in [0.3, 0.4) is 0 Å². The van der Waals surface area contributed by atoms with E-state index in [2.05, 4.69) is 61.1 Å². The van der Waals surface area contributed by atoms with E-state index in [9.17, 15) is 0 Å². The number of nitrogens with two attached hydrogens (primary N) is 1. The van der Waals surface area contributed by atoms with E-state index < -0.39 is 0 Å². The molecule has 1 atom stereocenters. The van der Waals surface area contributed by atoms with Gasteiger partial charge >= 0.3 is 0 Å². The van der Waals surface area contributed by atoms with Crippen molar-refractivity contribution in [2.24, 2.45) is 11.1 Å². The van der Waals surface area contributed by atoms with Gasteiger partial charge in [0.05, 0.1) is 0 Å². The minimum Gasteiger partial charge on any atom is -0.466 e. The maximum atomic E-state index is 6.79. The van der Waals surface area contributed by atoms with Crippen molar-refractivity contribution in [2.45, 2.75) is 52.9 Å². The van der Waals surface area contributed by atoms with Crippen LogP contribution in [0.15, 0.2) is 64.4 Å². The predicted molar refractivity (Wildman–Crippen MR) is 123 cm³/mol. The summed E-state index contributed by atoms with van der Waals surface area (Å²) in [5.74, 6) is 2.65. The molecule has 1 aromatic heterocycles. The molecular formula is C26H33N3O. The van der Waals surface area contributed by atoms with Crippen LogP contribution in [0, 0.1) is 5.41 Å². The van der Waals surface area contributed by atoms with Crippen LogP contribution in [0.2, 0.25) is 0 Å². The number of piperidine rings is 1. The van der Waals surface area contributed by atoms with E-state index >= 15 is 0 Å². The minimum absolute atomic E-state index is 0.0191. The fraction of sp³-hybridized carbons (Fsp3) is 0.462. The number of likely N-dealkylation sites (tertiary alicyclic amines) is 1. The molecule has 3 aliphatic rings. The topological polar surface area (TPSA) is 54.3 Å². The summed E-state index contributed by atoms with van der Waals surface area (Å²) in [4.78, 5) is 6.07. The monoisotopic (exact) mass is 403 g/mol. The van der Waals surface area contributed by atoms with Gasteiger partial charge in [-0.2, -0.15) is 0 Å². The number of H-pyrrole nitrogens is 1. The van der Waals surface area contributed by atoms with Crippen molar-refractivity contribution in [3.63, 3.8) is 0 Å². The molecule has 5 rings (SSSR count). The van der Waals surface area contributed by atoms with E-state index in [1.165, 1.54) is 46.0 Å². The molecule has 1 saturated heterocycles. The van der Waals surface area contributed by atoms with Crippen molar-refractivity contribution in [1.29, 1.82) is 0 Å². The van der Waals surface area contributed by atoms with Crippen molar-refractivity contribution < 1.29 is 4.74 Å². The van der Waals surface area contributed by atoms with Gasteiger partial charge in [0.15, 0.2) is 0 Å². The van der Waals surface area contributed by atoms with Crippen LogP contribution in [0.5, 0.6) is 0 Å². The predicted octanol–water partition coefficient (Wildman–Crippen LogP) is 5.57. The number of allylic oxidation sites excluding steroid dienone is 5. The molecule has 1 aliphatic carbocycles. The van der Waals surface area contributed by atoms with Crippen molar-refractivity contribution in [3.8, 4) is 0 Å². The Morgan fingerprint density at radius 2 is 1.87 bits per heavy atom. The quantitative estimate of drug-likeness (QED) is 0.704. The summed E-state index contributed by atoms with van der Waals surface area (Å²) < 4.78 is 5.99. The van der Waals surface area contributed by atoms with Gasteiger partial charge in [-0.15, -0.1) is 0 Å². The number of para-hydroxylation sites is 1. The number of hydrogen-bond acceptors (Lipinski definition) is 3. The third-order valence-electron chi connectivity index (χ3n) is 7.64. The molecule has 3 N–H and O–H groups in total. The highest BCUT2D eigenvalue weighted by Crippen LogP contribution is 2.50. The number of aromatic amines is 1. The number of ether oxygens (including phenoxy) is 1. The standard InChI is InChI=1S/C26H33N3O/c1-16-17(2)30-18(3)21-13-26(4,25(27)24(16)21)15-29-11-9-19(10-12-29)22-14-28-23-8-6-5-7-20(22)23/h5-8,14,19,28H,9-13,15,27H2,1-4H3. The van der Waals surface area contributed by atoms with Crippen LogP contribution >= 0.6 is 0 Å². The van der Waals surface area contributed by atoms with Crippen molar-refractivity contribution in [1.82, 2.24) is 9.88 Å². The van der Waals surface area contributed by atoms with Crippen LogP contribution in [0.25, 0.3) is 10.9 Å². The third-order valence-corrected chi connectivity index (χ3v) is 7.64. The van der Waals surface area contributed by atoms with Gasteiger partial charge in [-0.3, -0.25) is 0 Å². The normalized spacial score (nSPS) is 26.0. The Kier molecular flexibility index (Phi) is 4.59. The lowest BCUT2D eigenvalue weighted by atomic mass is 9.83. The average Bonchev–Trinajstić information content (AvgIpc) is 3.27. The highest BCUT2D eigenvalue weighted by Gasteiger charge is 2.43. The van der Waals surface area contributed by atoms with Crippen molar-refractivity contribution in [2.75, 3.05) is 19.6 Å². The van der Waals surface area contributed by atoms with Crippen LogP contribution in [0.4, 0.5) is 0 Å². The molecule has 0 bridgehead atoms. The number of aromatic nitrogens is 1. The average molecular weight is 404 g/mol. The Morgan fingerprint density at radius 1 is 1.13 bits per heavy atom. The first-order valence-corrected chi connectivity index (χ1v) is 11.2. The molecule has 0 amide bonds. The maximum Gasteiger partial charge on any atom is 0.104 e. The summed E-state index contributed by atoms with van der Waals surface area (Å²) in [6, 6.07) is 8.66. The minimum atomic E-state index is -0.0191. The molecule has 158 valence electrons. The number of fused-ring (bicyclic) bond motifs is 2. The number of hydrogen-bond donors (Lipinski definition) is 2. The number of nitrogens with zero attached hydrogens (tertiary/aromatic N) is 1. The Morgan fingerprint density at radius 3 is 2.63 bits per heavy atom. The highest BCUT2D eigenvalue weighted by atomic mass is 16.5. The molecule has 3 heterocycles. The van der Waals surface area contributed by atoms with E-state index in [0.29, 0.717) is 5.92 Å². The van der Waals surface area contributed by atoms with Gasteiger partial charge in [0.2, 0.25) is 0 Å². The molecule has 1 aromatic carbocycles. The molecule has 1 unspecified atom stereocenters. The van der Waals surface area contributed by atoms with Gasteiger partial charge in [0.25, 0.3) is 0 Å². The summed E-state index contributed by atoms with van der Waals surface area (Å²) in [6.45, 7) is 11.9. The molecular weight excluding hydrogens is 370 g/mol. The maximum absolute atomic E-state index is 6.79. The molecule has 1 fully saturated rings. The van der Waals surface area contributed by atoms with Gasteiger partial charge in [0.1, 0.15) is 11.5 Å². The van der Waals surface area contributed by atoms with Crippen molar-refractivity contribution in [3.05, 3.63) is 70.0 Å². The smallest absolute Gasteiger partial charge is 0.104 e. The highest BCUT2D eigenvalue weighted by molar-refractivity contribution is 5.83. The van der Waals surface area contributed by atoms with Crippen LogP contribution < -0.4 is 5.73 Å². The van der Waals surface area contributed by atoms with E-state index in [1.807, 2.05) is 6.92 Å². The molecule has 30 heavy (non-hydrogen) atoms. The fourth-order valence-electron chi connectivity index (χ4n) is 5.78. The second kappa shape index (κ2) is 7.05. The summed E-state index contributed by atoms with van der Waals surface area (Å²) in [5.41, 5.74) is 14.3. The summed E-state index contributed by atoms with van der Waals surface area (Å²) >= 11 is 0. The zero-order valence-corrected chi connectivity index (χ0v) is 18.6. The SMILES string of the molecule is CC1=C(C)C2=C(N)C(C)(CN3CCC(c4c[nH]c5ccccc45)CC3)CC2=C(C)O1. The molecule has 0 spiro atoms. The molecule has 2 aromatic rings. The summed E-state index contributed by atoms with van der Waals surface area (Å²) in [6.07, 6.45) is 5.62. The second-order valence-electron chi connectivity index (χ2n) is 9.68. The lowest BCUT2D eigenvalue weighted by molar-refractivity contribution is 0.155. The van der Waals surface area contributed by atoms with Gasteiger partial charge < -0.3 is 20.4 Å². The van der Waals surface area contributed by atoms with Gasteiger partial charge in [0, 0.05) is 45.9 Å². The van der Waals surface area contributed by atoms with E-state index in [-0.39, 0.29) is 5.41 Å². The summed E-state index contributed by atoms with van der Waals surface area (Å²) in [7, 11) is 0. The zero-order valence-electron chi connectivity index (χ0n) is 18.6. The van der Waals surface area contributed by atoms with Crippen LogP contribution in [-0.2, 0) is 4.74 Å². The number of rotatable bonds is 3. The fourth-order valence-corrected chi connectivity index (χ4v) is 5.78. The number of nitrogens with one attached hydrogen (secondary N) is 1. The lowest BCUT2D eigenvalue weighted by Crippen LogP contribution is -2.42. The first-order chi connectivity index (χ1) is 14.4. The van der Waals surface area contributed by atoms with E-state index in [1.54, 1.807) is 0 Å². The Balaban J connectivity index is 1.31. The first-order valence-electron chi connectivity index (χ1n) is 11.2.